The van der Waals surface area contributed by atoms with E-state index in [1.807, 2.05) is 56.4 Å². The number of nitrogens with one attached hydrogen (secondary N) is 1. The summed E-state index contributed by atoms with van der Waals surface area (Å²) in [5.74, 6) is 3.37. The molecule has 5 aromatic rings. The lowest BCUT2D eigenvalue weighted by Crippen LogP contribution is -2.45. The molecule has 1 aromatic carbocycles. The number of aliphatic imine (C=N–C) groups is 1. The van der Waals surface area contributed by atoms with Crippen LogP contribution in [0.4, 0.5) is 5.82 Å². The van der Waals surface area contributed by atoms with Crippen LogP contribution in [0, 0.1) is 19.3 Å². The SMILES string of the molecule is C#Cc1c(-c2cnc3ccccc3c2)c2c(/N=C/N(C)C)ncnc2n1C12CCC(NC(=O)c3cnc(C)cn3)(CC1)C2. The summed E-state index contributed by atoms with van der Waals surface area (Å²) in [6.07, 6.45) is 18.7. The molecule has 10 nitrogen and oxygen atoms in total. The summed E-state index contributed by atoms with van der Waals surface area (Å²) in [4.78, 5) is 42.5. The van der Waals surface area contributed by atoms with Crippen molar-refractivity contribution >= 4 is 40.0 Å². The van der Waals surface area contributed by atoms with Gasteiger partial charge in [-0.05, 0) is 51.2 Å². The molecule has 2 aliphatic rings. The van der Waals surface area contributed by atoms with Crippen LogP contribution in [-0.4, -0.2) is 66.3 Å². The number of carbonyl (C=O) groups is 1. The number of carbonyl (C=O) groups excluding carboxylic acids is 1. The minimum atomic E-state index is -0.365. The van der Waals surface area contributed by atoms with E-state index in [4.69, 9.17) is 21.4 Å². The van der Waals surface area contributed by atoms with Gasteiger partial charge in [0.25, 0.3) is 5.91 Å². The van der Waals surface area contributed by atoms with Crippen molar-refractivity contribution in [2.75, 3.05) is 14.1 Å². The van der Waals surface area contributed by atoms with E-state index < -0.39 is 0 Å². The number of rotatable bonds is 6. The molecule has 0 atom stereocenters. The van der Waals surface area contributed by atoms with E-state index in [0.717, 1.165) is 76.6 Å². The Bertz CT molecular complexity index is 1960. The lowest BCUT2D eigenvalue weighted by atomic mass is 9.90. The molecule has 1 amide bonds. The summed E-state index contributed by atoms with van der Waals surface area (Å²) < 4.78 is 2.23. The number of amides is 1. The Morgan fingerprint density at radius 1 is 1.07 bits per heavy atom. The van der Waals surface area contributed by atoms with Gasteiger partial charge in [0.1, 0.15) is 23.4 Å². The van der Waals surface area contributed by atoms with Gasteiger partial charge in [0.05, 0.1) is 29.1 Å². The van der Waals surface area contributed by atoms with Crippen LogP contribution in [0.15, 0.2) is 60.2 Å². The van der Waals surface area contributed by atoms with Gasteiger partial charge in [-0.2, -0.15) is 0 Å². The van der Waals surface area contributed by atoms with E-state index in [9.17, 15) is 4.79 Å². The third-order valence-electron chi connectivity index (χ3n) is 8.83. The number of nitrogens with zero attached hydrogens (tertiary/aromatic N) is 8. The highest BCUT2D eigenvalue weighted by molar-refractivity contribution is 6.05. The molecule has 4 aromatic heterocycles. The molecule has 2 aliphatic carbocycles. The van der Waals surface area contributed by atoms with Gasteiger partial charge in [-0.15, -0.1) is 6.42 Å². The Balaban J connectivity index is 1.38. The van der Waals surface area contributed by atoms with Gasteiger partial charge in [-0.25, -0.2) is 19.9 Å². The summed E-state index contributed by atoms with van der Waals surface area (Å²) >= 11 is 0. The number of hydrogen-bond donors (Lipinski definition) is 1. The maximum atomic E-state index is 13.2. The fraction of sp³-hybridized carbons (Fsp3) is 0.303. The first-order chi connectivity index (χ1) is 20.8. The van der Waals surface area contributed by atoms with Gasteiger partial charge in [0, 0.05) is 54.1 Å². The van der Waals surface area contributed by atoms with Crippen LogP contribution in [0.1, 0.15) is 54.0 Å². The standard InChI is InChI=1S/C33H31N9O/c1-5-26-27(23-14-22-8-6-7-9-24(22)36-16-23)28-29(39-20-41(3)4)37-19-38-30(28)42(26)33-12-10-32(18-33,11-13-33)40-31(43)25-17-34-21(2)15-35-25/h1,6-9,14-17,19-20H,10-13,18H2,2-4H3,(H,40,43)/b39-20+. The Labute approximate surface area is 249 Å². The molecular formula is C33H31N9O. The number of pyridine rings is 1. The number of aromatic nitrogens is 6. The topological polar surface area (TPSA) is 114 Å². The molecule has 43 heavy (non-hydrogen) atoms. The molecule has 0 unspecified atom stereocenters. The van der Waals surface area contributed by atoms with Crippen molar-refractivity contribution in [1.29, 1.82) is 0 Å². The number of fused-ring (bicyclic) bond motifs is 4. The highest BCUT2D eigenvalue weighted by Crippen LogP contribution is 2.57. The summed E-state index contributed by atoms with van der Waals surface area (Å²) in [5, 5.41) is 5.13. The molecule has 0 radical (unpaired) electrons. The van der Waals surface area contributed by atoms with Crippen LogP contribution >= 0.6 is 0 Å². The average molecular weight is 570 g/mol. The maximum absolute atomic E-state index is 13.2. The van der Waals surface area contributed by atoms with Crippen LogP contribution < -0.4 is 5.32 Å². The fourth-order valence-electron chi connectivity index (χ4n) is 6.92. The smallest absolute Gasteiger partial charge is 0.271 e. The molecule has 4 heterocycles. The highest BCUT2D eigenvalue weighted by atomic mass is 16.2. The first-order valence-electron chi connectivity index (χ1n) is 14.3. The minimum absolute atomic E-state index is 0.203. The van der Waals surface area contributed by atoms with Crippen molar-refractivity contribution < 1.29 is 4.79 Å². The van der Waals surface area contributed by atoms with Crippen molar-refractivity contribution in [2.24, 2.45) is 4.99 Å². The third kappa shape index (κ3) is 4.39. The number of para-hydroxylation sites is 1. The summed E-state index contributed by atoms with van der Waals surface area (Å²) in [6, 6.07) is 10.1. The molecule has 1 N–H and O–H groups in total. The van der Waals surface area contributed by atoms with E-state index in [2.05, 4.69) is 36.8 Å². The first-order valence-corrected chi connectivity index (χ1v) is 14.3. The molecule has 0 saturated heterocycles. The number of terminal acetylenes is 1. The Morgan fingerprint density at radius 2 is 1.88 bits per heavy atom. The summed E-state index contributed by atoms with van der Waals surface area (Å²) in [5.41, 5.74) is 4.50. The quantitative estimate of drug-likeness (QED) is 0.178. The lowest BCUT2D eigenvalue weighted by Gasteiger charge is -2.30. The second-order valence-electron chi connectivity index (χ2n) is 11.9. The molecule has 7 rings (SSSR count). The van der Waals surface area contributed by atoms with Gasteiger partial charge in [-0.1, -0.05) is 24.1 Å². The predicted molar refractivity (Wildman–Crippen MR) is 166 cm³/mol. The van der Waals surface area contributed by atoms with Gasteiger partial charge < -0.3 is 14.8 Å². The lowest BCUT2D eigenvalue weighted by molar-refractivity contribution is 0.0895. The van der Waals surface area contributed by atoms with E-state index in [-0.39, 0.29) is 17.0 Å². The van der Waals surface area contributed by atoms with Crippen molar-refractivity contribution in [2.45, 2.75) is 50.1 Å². The number of aryl methyl sites for hydroxylation is 1. The normalized spacial score (nSPS) is 21.1. The van der Waals surface area contributed by atoms with Crippen molar-refractivity contribution in [1.82, 2.24) is 39.7 Å². The minimum Gasteiger partial charge on any atom is -0.369 e. The highest BCUT2D eigenvalue weighted by Gasteiger charge is 2.57. The van der Waals surface area contributed by atoms with E-state index >= 15 is 0 Å². The number of hydrogen-bond acceptors (Lipinski definition) is 7. The largest absolute Gasteiger partial charge is 0.369 e. The molecule has 0 aliphatic heterocycles. The first kappa shape index (κ1) is 26.7. The fourth-order valence-corrected chi connectivity index (χ4v) is 6.92. The summed E-state index contributed by atoms with van der Waals surface area (Å²) in [7, 11) is 3.83. The second-order valence-corrected chi connectivity index (χ2v) is 11.9. The van der Waals surface area contributed by atoms with E-state index in [0.29, 0.717) is 11.5 Å². The van der Waals surface area contributed by atoms with Gasteiger partial charge >= 0.3 is 0 Å². The van der Waals surface area contributed by atoms with Crippen LogP contribution in [-0.2, 0) is 5.54 Å². The van der Waals surface area contributed by atoms with Gasteiger partial charge in [0.15, 0.2) is 5.82 Å². The van der Waals surface area contributed by atoms with Crippen LogP contribution in [0.3, 0.4) is 0 Å². The Kier molecular flexibility index (Phi) is 6.20. The molecule has 2 saturated carbocycles. The molecule has 214 valence electrons. The predicted octanol–water partition coefficient (Wildman–Crippen LogP) is 4.79. The van der Waals surface area contributed by atoms with Crippen LogP contribution in [0.2, 0.25) is 0 Å². The van der Waals surface area contributed by atoms with E-state index in [1.54, 1.807) is 18.9 Å². The second kappa shape index (κ2) is 9.98. The van der Waals surface area contributed by atoms with E-state index in [1.165, 1.54) is 6.20 Å². The Hall–Kier alpha value is -5.17. The Morgan fingerprint density at radius 3 is 2.63 bits per heavy atom. The maximum Gasteiger partial charge on any atom is 0.271 e. The zero-order valence-corrected chi connectivity index (χ0v) is 24.4. The molecular weight excluding hydrogens is 538 g/mol. The zero-order valence-electron chi connectivity index (χ0n) is 24.4. The van der Waals surface area contributed by atoms with Crippen molar-refractivity contribution in [3.05, 3.63) is 72.3 Å². The molecule has 2 fully saturated rings. The molecule has 10 heteroatoms. The summed E-state index contributed by atoms with van der Waals surface area (Å²) in [6.45, 7) is 1.85. The zero-order chi connectivity index (χ0) is 29.8. The van der Waals surface area contributed by atoms with Crippen molar-refractivity contribution in [3.63, 3.8) is 0 Å². The van der Waals surface area contributed by atoms with Gasteiger partial charge in [-0.3, -0.25) is 14.8 Å². The van der Waals surface area contributed by atoms with Gasteiger partial charge in [0.2, 0.25) is 0 Å². The molecule has 2 bridgehead atoms. The van der Waals surface area contributed by atoms with Crippen LogP contribution in [0.5, 0.6) is 0 Å². The third-order valence-corrected chi connectivity index (χ3v) is 8.83. The average Bonchev–Trinajstić information content (AvgIpc) is 3.68. The van der Waals surface area contributed by atoms with Crippen molar-refractivity contribution in [3.8, 4) is 23.5 Å². The van der Waals surface area contributed by atoms with Crippen LogP contribution in [0.25, 0.3) is 33.1 Å². The monoisotopic (exact) mass is 569 g/mol. The number of benzene rings is 1. The molecule has 0 spiro atoms.